The topological polar surface area (TPSA) is 178 Å². The van der Waals surface area contributed by atoms with E-state index in [0.717, 1.165) is 0 Å². The molecule has 1 heterocycles. The van der Waals surface area contributed by atoms with Crippen LogP contribution in [0, 0.1) is 24.2 Å². The lowest BCUT2D eigenvalue weighted by Crippen LogP contribution is -2.57. The molecule has 0 aliphatic rings. The summed E-state index contributed by atoms with van der Waals surface area (Å²) in [4.78, 5) is 53.0. The summed E-state index contributed by atoms with van der Waals surface area (Å²) in [5.74, 6) is -1.95. The van der Waals surface area contributed by atoms with Crippen LogP contribution in [0.4, 0.5) is 0 Å². The molecule has 0 radical (unpaired) electrons. The SMILES string of the molecule is Cc1cc(C(=O)NC(C(=O)NC(CCCCN(C)C(=O)C(C#N)=CC(C)C)C(=O)NCc2ccccc2Cl)C(C)O)no1. The Balaban J connectivity index is 2.10. The first-order valence-electron chi connectivity index (χ1n) is 13.9. The lowest BCUT2D eigenvalue weighted by Gasteiger charge is -2.25. The van der Waals surface area contributed by atoms with Crippen LogP contribution < -0.4 is 16.0 Å². The van der Waals surface area contributed by atoms with E-state index >= 15 is 0 Å². The molecule has 0 spiro atoms. The minimum Gasteiger partial charge on any atom is -0.391 e. The van der Waals surface area contributed by atoms with Crippen molar-refractivity contribution in [2.24, 2.45) is 5.92 Å². The summed E-state index contributed by atoms with van der Waals surface area (Å²) < 4.78 is 4.90. The number of aromatic nitrogens is 1. The number of unbranched alkanes of at least 4 members (excludes halogenated alkanes) is 1. The number of hydrogen-bond donors (Lipinski definition) is 4. The summed E-state index contributed by atoms with van der Waals surface area (Å²) in [6.45, 7) is 7.12. The number of aliphatic hydroxyl groups excluding tert-OH is 1. The lowest BCUT2D eigenvalue weighted by atomic mass is 10.1. The van der Waals surface area contributed by atoms with Gasteiger partial charge >= 0.3 is 0 Å². The molecule has 0 saturated heterocycles. The number of amides is 4. The molecule has 2 rings (SSSR count). The van der Waals surface area contributed by atoms with Crippen LogP contribution in [-0.4, -0.2) is 70.6 Å². The highest BCUT2D eigenvalue weighted by Crippen LogP contribution is 2.15. The van der Waals surface area contributed by atoms with Gasteiger partial charge in [0.05, 0.1) is 6.10 Å². The first-order chi connectivity index (χ1) is 20.3. The van der Waals surface area contributed by atoms with Crippen LogP contribution >= 0.6 is 11.6 Å². The molecule has 3 unspecified atom stereocenters. The number of rotatable bonds is 15. The number of aryl methyl sites for hydroxylation is 1. The van der Waals surface area contributed by atoms with E-state index in [-0.39, 0.29) is 30.2 Å². The minimum absolute atomic E-state index is 0.0379. The number of nitrogens with one attached hydrogen (secondary N) is 3. The fourth-order valence-electron chi connectivity index (χ4n) is 4.07. The molecular weight excluding hydrogens is 576 g/mol. The van der Waals surface area contributed by atoms with Crippen molar-refractivity contribution in [3.63, 3.8) is 0 Å². The van der Waals surface area contributed by atoms with Gasteiger partial charge in [0.15, 0.2) is 5.69 Å². The Kier molecular flexibility index (Phi) is 13.9. The van der Waals surface area contributed by atoms with E-state index in [1.54, 1.807) is 44.3 Å². The van der Waals surface area contributed by atoms with Crippen LogP contribution in [0.2, 0.25) is 5.02 Å². The van der Waals surface area contributed by atoms with Crippen LogP contribution in [-0.2, 0) is 20.9 Å². The highest BCUT2D eigenvalue weighted by molar-refractivity contribution is 6.31. The molecule has 13 heteroatoms. The molecule has 4 amide bonds. The zero-order valence-electron chi connectivity index (χ0n) is 25.0. The van der Waals surface area contributed by atoms with Crippen LogP contribution in [0.15, 0.2) is 46.5 Å². The second kappa shape index (κ2) is 17.0. The van der Waals surface area contributed by atoms with Crippen molar-refractivity contribution in [1.29, 1.82) is 5.26 Å². The van der Waals surface area contributed by atoms with Gasteiger partial charge in [-0.15, -0.1) is 0 Å². The molecule has 2 aromatic rings. The maximum Gasteiger partial charge on any atom is 0.274 e. The van der Waals surface area contributed by atoms with Gasteiger partial charge in [-0.2, -0.15) is 5.26 Å². The van der Waals surface area contributed by atoms with Crippen molar-refractivity contribution in [1.82, 2.24) is 26.0 Å². The van der Waals surface area contributed by atoms with Crippen molar-refractivity contribution >= 4 is 35.2 Å². The van der Waals surface area contributed by atoms with E-state index in [4.69, 9.17) is 16.1 Å². The van der Waals surface area contributed by atoms with Crippen molar-refractivity contribution in [3.8, 4) is 6.07 Å². The van der Waals surface area contributed by atoms with E-state index in [1.807, 2.05) is 19.9 Å². The largest absolute Gasteiger partial charge is 0.391 e. The number of carbonyl (C=O) groups is 4. The summed E-state index contributed by atoms with van der Waals surface area (Å²) in [5.41, 5.74) is 0.683. The fraction of sp³-hybridized carbons (Fsp3) is 0.467. The third kappa shape index (κ3) is 11.2. The Morgan fingerprint density at radius 1 is 1.14 bits per heavy atom. The second-order valence-electron chi connectivity index (χ2n) is 10.5. The van der Waals surface area contributed by atoms with E-state index < -0.39 is 41.8 Å². The number of carbonyl (C=O) groups excluding carboxylic acids is 4. The third-order valence-corrected chi connectivity index (χ3v) is 6.76. The van der Waals surface area contributed by atoms with Crippen LogP contribution in [0.1, 0.15) is 61.8 Å². The van der Waals surface area contributed by atoms with Crippen molar-refractivity contribution in [2.75, 3.05) is 13.6 Å². The molecular formula is C30H39ClN6O6. The molecule has 0 bridgehead atoms. The first kappa shape index (κ1) is 35.0. The van der Waals surface area contributed by atoms with E-state index in [2.05, 4.69) is 21.1 Å². The Morgan fingerprint density at radius 2 is 1.84 bits per heavy atom. The Morgan fingerprint density at radius 3 is 2.42 bits per heavy atom. The first-order valence-corrected chi connectivity index (χ1v) is 14.3. The summed E-state index contributed by atoms with van der Waals surface area (Å²) in [7, 11) is 1.59. The average Bonchev–Trinajstić information content (AvgIpc) is 3.40. The maximum absolute atomic E-state index is 13.2. The standard InChI is InChI=1S/C30H39ClN6O6/c1-18(2)14-22(16-32)30(42)37(5)13-9-8-12-24(27(39)33-17-21-10-6-7-11-23(21)31)34-29(41)26(20(4)38)35-28(40)25-15-19(3)43-36-25/h6-7,10-11,14-15,18,20,24,26,38H,8-9,12-13,17H2,1-5H3,(H,33,39)(H,34,41)(H,35,40). The van der Waals surface area contributed by atoms with Gasteiger partial charge < -0.3 is 30.5 Å². The second-order valence-corrected chi connectivity index (χ2v) is 11.0. The number of likely N-dealkylation sites (N-methyl/N-ethyl adjacent to an activating group) is 1. The molecule has 1 aromatic carbocycles. The van der Waals surface area contributed by atoms with Gasteiger partial charge in [-0.3, -0.25) is 19.2 Å². The van der Waals surface area contributed by atoms with Gasteiger partial charge in [0, 0.05) is 31.2 Å². The Hall–Kier alpha value is -4.21. The molecule has 232 valence electrons. The van der Waals surface area contributed by atoms with Crippen molar-refractivity contribution in [2.45, 2.75) is 71.7 Å². The zero-order valence-corrected chi connectivity index (χ0v) is 25.8. The summed E-state index contributed by atoms with van der Waals surface area (Å²) in [6.07, 6.45) is 1.42. The normalized spacial score (nSPS) is 13.4. The Labute approximate surface area is 256 Å². The fourth-order valence-corrected chi connectivity index (χ4v) is 4.27. The molecule has 3 atom stereocenters. The van der Waals surface area contributed by atoms with E-state index in [9.17, 15) is 29.5 Å². The van der Waals surface area contributed by atoms with Crippen molar-refractivity contribution in [3.05, 3.63) is 64.0 Å². The summed E-state index contributed by atoms with van der Waals surface area (Å²) in [6, 6.07) is 7.91. The molecule has 0 saturated carbocycles. The number of nitrogens with zero attached hydrogens (tertiary/aromatic N) is 3. The van der Waals surface area contributed by atoms with Gasteiger partial charge in [0.25, 0.3) is 11.8 Å². The number of hydrogen-bond acceptors (Lipinski definition) is 8. The molecule has 4 N–H and O–H groups in total. The number of aliphatic hydroxyl groups is 1. The van der Waals surface area contributed by atoms with Crippen LogP contribution in [0.25, 0.3) is 0 Å². The number of benzene rings is 1. The van der Waals surface area contributed by atoms with Gasteiger partial charge in [-0.25, -0.2) is 0 Å². The average molecular weight is 615 g/mol. The smallest absolute Gasteiger partial charge is 0.274 e. The summed E-state index contributed by atoms with van der Waals surface area (Å²) >= 11 is 6.21. The van der Waals surface area contributed by atoms with Gasteiger partial charge in [-0.1, -0.05) is 54.9 Å². The molecule has 12 nitrogen and oxygen atoms in total. The zero-order chi connectivity index (χ0) is 32.1. The lowest BCUT2D eigenvalue weighted by molar-refractivity contribution is -0.131. The number of allylic oxidation sites excluding steroid dienone is 1. The van der Waals surface area contributed by atoms with E-state index in [1.165, 1.54) is 17.9 Å². The Bertz CT molecular complexity index is 1350. The van der Waals surface area contributed by atoms with Gasteiger partial charge in [0.2, 0.25) is 11.8 Å². The molecule has 0 fully saturated rings. The predicted octanol–water partition coefficient (Wildman–Crippen LogP) is 2.65. The molecule has 1 aromatic heterocycles. The van der Waals surface area contributed by atoms with Gasteiger partial charge in [-0.05, 0) is 50.7 Å². The number of nitriles is 1. The van der Waals surface area contributed by atoms with Crippen LogP contribution in [0.5, 0.6) is 0 Å². The maximum atomic E-state index is 13.2. The van der Waals surface area contributed by atoms with Gasteiger partial charge in [0.1, 0.15) is 29.5 Å². The minimum atomic E-state index is -1.38. The predicted molar refractivity (Wildman–Crippen MR) is 159 cm³/mol. The number of halogens is 1. The monoisotopic (exact) mass is 614 g/mol. The molecule has 0 aliphatic carbocycles. The third-order valence-electron chi connectivity index (χ3n) is 6.39. The molecule has 43 heavy (non-hydrogen) atoms. The highest BCUT2D eigenvalue weighted by Gasteiger charge is 2.30. The highest BCUT2D eigenvalue weighted by atomic mass is 35.5. The quantitative estimate of drug-likeness (QED) is 0.134. The molecule has 0 aliphatic heterocycles. The summed E-state index contributed by atoms with van der Waals surface area (Å²) in [5, 5.41) is 31.5. The van der Waals surface area contributed by atoms with Crippen molar-refractivity contribution < 1.29 is 28.8 Å². The van der Waals surface area contributed by atoms with E-state index in [0.29, 0.717) is 35.7 Å². The van der Waals surface area contributed by atoms with Crippen LogP contribution in [0.3, 0.4) is 0 Å².